The highest BCUT2D eigenvalue weighted by Gasteiger charge is 2.14. The minimum atomic E-state index is -0.194. The van der Waals surface area contributed by atoms with E-state index in [9.17, 15) is 4.39 Å². The van der Waals surface area contributed by atoms with Gasteiger partial charge < -0.3 is 10.2 Å². The molecule has 1 aromatic carbocycles. The first-order chi connectivity index (χ1) is 8.65. The average molecular weight is 271 g/mol. The smallest absolute Gasteiger partial charge is 0.127 e. The molecule has 0 bridgehead atoms. The molecule has 0 saturated carbocycles. The minimum absolute atomic E-state index is 0.194. The van der Waals surface area contributed by atoms with Crippen molar-refractivity contribution in [2.75, 3.05) is 19.6 Å². The molecule has 1 atom stereocenters. The van der Waals surface area contributed by atoms with Crippen LogP contribution in [0.4, 0.5) is 4.39 Å². The Bertz CT molecular complexity index is 391. The van der Waals surface area contributed by atoms with Gasteiger partial charge in [-0.2, -0.15) is 0 Å². The number of nitrogens with zero attached hydrogens (tertiary/aromatic N) is 1. The van der Waals surface area contributed by atoms with Gasteiger partial charge in [-0.1, -0.05) is 11.6 Å². The Morgan fingerprint density at radius 2 is 2.11 bits per heavy atom. The van der Waals surface area contributed by atoms with Crippen molar-refractivity contribution in [3.8, 4) is 0 Å². The van der Waals surface area contributed by atoms with E-state index in [4.69, 9.17) is 11.6 Å². The second-order valence-electron chi connectivity index (χ2n) is 5.03. The maximum absolute atomic E-state index is 13.5. The summed E-state index contributed by atoms with van der Waals surface area (Å²) in [6, 6.07) is 5.05. The Morgan fingerprint density at radius 1 is 1.39 bits per heavy atom. The van der Waals surface area contributed by atoms with Crippen LogP contribution in [0.2, 0.25) is 5.02 Å². The largest absolute Gasteiger partial charge is 0.309 e. The van der Waals surface area contributed by atoms with E-state index < -0.39 is 0 Å². The Morgan fingerprint density at radius 3 is 2.83 bits per heavy atom. The molecule has 1 aliphatic heterocycles. The first-order valence-corrected chi connectivity index (χ1v) is 6.92. The number of nitrogens with one attached hydrogen (secondary N) is 1. The predicted octanol–water partition coefficient (Wildman–Crippen LogP) is 3.05. The first-order valence-electron chi connectivity index (χ1n) is 6.55. The molecule has 0 spiro atoms. The Balaban J connectivity index is 1.81. The van der Waals surface area contributed by atoms with Gasteiger partial charge in [0.25, 0.3) is 0 Å². The lowest BCUT2D eigenvalue weighted by Crippen LogP contribution is -2.37. The summed E-state index contributed by atoms with van der Waals surface area (Å²) in [7, 11) is 0. The number of benzene rings is 1. The van der Waals surface area contributed by atoms with Crippen molar-refractivity contribution in [1.29, 1.82) is 0 Å². The zero-order valence-electron chi connectivity index (χ0n) is 10.8. The fourth-order valence-corrected chi connectivity index (χ4v) is 2.57. The van der Waals surface area contributed by atoms with Crippen LogP contribution in [0.1, 0.15) is 25.3 Å². The highest BCUT2D eigenvalue weighted by molar-refractivity contribution is 6.30. The summed E-state index contributed by atoms with van der Waals surface area (Å²) < 4.78 is 13.5. The molecule has 2 rings (SSSR count). The molecule has 1 fully saturated rings. The van der Waals surface area contributed by atoms with Crippen molar-refractivity contribution < 1.29 is 4.39 Å². The number of hydrogen-bond acceptors (Lipinski definition) is 2. The maximum Gasteiger partial charge on any atom is 0.127 e. The summed E-state index contributed by atoms with van der Waals surface area (Å²) in [5.74, 6) is -0.194. The van der Waals surface area contributed by atoms with Gasteiger partial charge in [0.05, 0.1) is 0 Å². The zero-order valence-corrected chi connectivity index (χ0v) is 11.5. The van der Waals surface area contributed by atoms with E-state index in [1.165, 1.54) is 32.0 Å². The van der Waals surface area contributed by atoms with Crippen LogP contribution < -0.4 is 5.32 Å². The summed E-state index contributed by atoms with van der Waals surface area (Å²) in [5, 5.41) is 3.94. The molecule has 18 heavy (non-hydrogen) atoms. The van der Waals surface area contributed by atoms with Crippen LogP contribution in [0.3, 0.4) is 0 Å². The molecule has 1 saturated heterocycles. The molecule has 0 aromatic heterocycles. The molecule has 1 aliphatic rings. The average Bonchev–Trinajstić information content (AvgIpc) is 2.83. The van der Waals surface area contributed by atoms with Gasteiger partial charge in [0.1, 0.15) is 5.82 Å². The van der Waals surface area contributed by atoms with Crippen molar-refractivity contribution in [3.63, 3.8) is 0 Å². The Kier molecular flexibility index (Phi) is 4.98. The van der Waals surface area contributed by atoms with Gasteiger partial charge in [0, 0.05) is 29.7 Å². The Labute approximate surface area is 113 Å². The number of rotatable bonds is 5. The minimum Gasteiger partial charge on any atom is -0.309 e. The summed E-state index contributed by atoms with van der Waals surface area (Å²) >= 11 is 5.87. The molecule has 4 heteroatoms. The van der Waals surface area contributed by atoms with Crippen LogP contribution >= 0.6 is 11.6 Å². The third-order valence-corrected chi connectivity index (χ3v) is 3.61. The molecule has 0 amide bonds. The molecule has 1 unspecified atom stereocenters. The first kappa shape index (κ1) is 13.8. The van der Waals surface area contributed by atoms with E-state index in [2.05, 4.69) is 17.1 Å². The van der Waals surface area contributed by atoms with E-state index >= 15 is 0 Å². The standard InChI is InChI=1S/C14H20ClFN2/c1-11(10-18-6-2-3-7-18)17-9-12-8-13(15)4-5-14(12)16/h4-5,8,11,17H,2-3,6-7,9-10H2,1H3. The monoisotopic (exact) mass is 270 g/mol. The van der Waals surface area contributed by atoms with Crippen LogP contribution in [-0.2, 0) is 6.54 Å². The van der Waals surface area contributed by atoms with E-state index in [0.717, 1.165) is 6.54 Å². The van der Waals surface area contributed by atoms with E-state index in [1.54, 1.807) is 12.1 Å². The molecule has 1 aromatic rings. The van der Waals surface area contributed by atoms with Crippen LogP contribution in [0.15, 0.2) is 18.2 Å². The second-order valence-corrected chi connectivity index (χ2v) is 5.46. The summed E-state index contributed by atoms with van der Waals surface area (Å²) in [5.41, 5.74) is 0.635. The van der Waals surface area contributed by atoms with Gasteiger partial charge in [0.15, 0.2) is 0 Å². The highest BCUT2D eigenvalue weighted by Crippen LogP contribution is 2.15. The van der Waals surface area contributed by atoms with E-state index in [1.807, 2.05) is 0 Å². The third-order valence-electron chi connectivity index (χ3n) is 3.38. The molecule has 1 N–H and O–H groups in total. The third kappa shape index (κ3) is 3.94. The lowest BCUT2D eigenvalue weighted by molar-refractivity contribution is 0.297. The second kappa shape index (κ2) is 6.50. The topological polar surface area (TPSA) is 15.3 Å². The van der Waals surface area contributed by atoms with Crippen LogP contribution in [0.25, 0.3) is 0 Å². The predicted molar refractivity (Wildman–Crippen MR) is 73.4 cm³/mol. The quantitative estimate of drug-likeness (QED) is 0.885. The zero-order chi connectivity index (χ0) is 13.0. The van der Waals surface area contributed by atoms with E-state index in [0.29, 0.717) is 23.2 Å². The van der Waals surface area contributed by atoms with Gasteiger partial charge in [-0.15, -0.1) is 0 Å². The van der Waals surface area contributed by atoms with Crippen LogP contribution in [0.5, 0.6) is 0 Å². The van der Waals surface area contributed by atoms with Crippen molar-refractivity contribution in [2.45, 2.75) is 32.4 Å². The molecule has 0 aliphatic carbocycles. The molecular weight excluding hydrogens is 251 g/mol. The van der Waals surface area contributed by atoms with Crippen LogP contribution in [-0.4, -0.2) is 30.6 Å². The van der Waals surface area contributed by atoms with Crippen molar-refractivity contribution in [2.24, 2.45) is 0 Å². The molecular formula is C14H20ClFN2. The Hall–Kier alpha value is -0.640. The van der Waals surface area contributed by atoms with Crippen molar-refractivity contribution in [3.05, 3.63) is 34.6 Å². The SMILES string of the molecule is CC(CN1CCCC1)NCc1cc(Cl)ccc1F. The summed E-state index contributed by atoms with van der Waals surface area (Å²) in [6.07, 6.45) is 2.60. The number of halogens is 2. The molecule has 100 valence electrons. The summed E-state index contributed by atoms with van der Waals surface area (Å²) in [4.78, 5) is 2.45. The number of likely N-dealkylation sites (tertiary alicyclic amines) is 1. The molecule has 2 nitrogen and oxygen atoms in total. The molecule has 1 heterocycles. The lowest BCUT2D eigenvalue weighted by Gasteiger charge is -2.21. The normalized spacial score (nSPS) is 18.2. The van der Waals surface area contributed by atoms with Gasteiger partial charge in [-0.25, -0.2) is 4.39 Å². The summed E-state index contributed by atoms with van der Waals surface area (Å²) in [6.45, 7) is 6.08. The fraction of sp³-hybridized carbons (Fsp3) is 0.571. The van der Waals surface area contributed by atoms with Gasteiger partial charge >= 0.3 is 0 Å². The fourth-order valence-electron chi connectivity index (χ4n) is 2.38. The highest BCUT2D eigenvalue weighted by atomic mass is 35.5. The van der Waals surface area contributed by atoms with Gasteiger partial charge in [0.2, 0.25) is 0 Å². The van der Waals surface area contributed by atoms with Gasteiger partial charge in [-0.05, 0) is 51.1 Å². The van der Waals surface area contributed by atoms with Crippen LogP contribution in [0, 0.1) is 5.82 Å². The van der Waals surface area contributed by atoms with Crippen molar-refractivity contribution in [1.82, 2.24) is 10.2 Å². The molecule has 0 radical (unpaired) electrons. The van der Waals surface area contributed by atoms with Crippen molar-refractivity contribution >= 4 is 11.6 Å². The lowest BCUT2D eigenvalue weighted by atomic mass is 10.2. The number of hydrogen-bond donors (Lipinski definition) is 1. The van der Waals surface area contributed by atoms with E-state index in [-0.39, 0.29) is 5.82 Å². The van der Waals surface area contributed by atoms with Gasteiger partial charge in [-0.3, -0.25) is 0 Å². The maximum atomic E-state index is 13.5.